The second kappa shape index (κ2) is 8.01. The van der Waals surface area contributed by atoms with Crippen molar-refractivity contribution in [2.24, 2.45) is 0 Å². The van der Waals surface area contributed by atoms with Gasteiger partial charge < -0.3 is 10.1 Å². The minimum Gasteiger partial charge on any atom is -0.454 e. The lowest BCUT2D eigenvalue weighted by Gasteiger charge is -2.09. The molecule has 0 saturated carbocycles. The molecule has 0 spiro atoms. The van der Waals surface area contributed by atoms with E-state index in [2.05, 4.69) is 10.3 Å². The Labute approximate surface area is 159 Å². The van der Waals surface area contributed by atoms with E-state index >= 15 is 0 Å². The van der Waals surface area contributed by atoms with Crippen molar-refractivity contribution in [3.05, 3.63) is 69.7 Å². The molecule has 3 rings (SSSR count). The Hall–Kier alpha value is -3.19. The van der Waals surface area contributed by atoms with E-state index in [0.29, 0.717) is 21.6 Å². The molecule has 0 aliphatic rings. The first-order valence-electron chi connectivity index (χ1n) is 8.10. The van der Waals surface area contributed by atoms with E-state index in [1.54, 1.807) is 42.5 Å². The van der Waals surface area contributed by atoms with Gasteiger partial charge in [0.25, 0.3) is 11.5 Å². The zero-order valence-electron chi connectivity index (χ0n) is 14.4. The van der Waals surface area contributed by atoms with Crippen molar-refractivity contribution in [3.63, 3.8) is 0 Å². The number of benzene rings is 2. The van der Waals surface area contributed by atoms with Crippen molar-refractivity contribution < 1.29 is 14.3 Å². The molecule has 0 aliphatic heterocycles. The number of carbonyl (C=O) groups excluding carboxylic acids is 2. The highest BCUT2D eigenvalue weighted by Crippen LogP contribution is 2.19. The molecule has 2 aromatic carbocycles. The van der Waals surface area contributed by atoms with E-state index in [4.69, 9.17) is 16.3 Å². The number of carbonyl (C=O) groups is 2. The summed E-state index contributed by atoms with van der Waals surface area (Å²) in [6.45, 7) is 1.04. The summed E-state index contributed by atoms with van der Waals surface area (Å²) in [5.41, 5.74) is 1.58. The maximum absolute atomic E-state index is 12.3. The van der Waals surface area contributed by atoms with Gasteiger partial charge in [-0.1, -0.05) is 29.8 Å². The first kappa shape index (κ1) is 18.6. The normalized spacial score (nSPS) is 10.6. The third kappa shape index (κ3) is 4.51. The van der Waals surface area contributed by atoms with Crippen LogP contribution in [0.15, 0.2) is 53.6 Å². The van der Waals surface area contributed by atoms with Crippen LogP contribution >= 0.6 is 11.6 Å². The molecule has 0 radical (unpaired) electrons. The second-order valence-electron chi connectivity index (χ2n) is 5.87. The third-order valence-corrected chi connectivity index (χ3v) is 4.26. The molecular formula is C19H16ClN3O4. The van der Waals surface area contributed by atoms with E-state index in [-0.39, 0.29) is 12.1 Å². The average molecular weight is 386 g/mol. The number of aryl methyl sites for hydroxylation is 1. The smallest absolute Gasteiger partial charge is 0.326 e. The minimum atomic E-state index is -0.716. The standard InChI is InChI=1S/C19H16ClN3O4/c1-12-6-7-13(8-15(12)20)22-17(24)10-27-18(25)9-23-11-21-16-5-3-2-4-14(16)19(23)26/h2-8,11H,9-10H2,1H3,(H,22,24). The summed E-state index contributed by atoms with van der Waals surface area (Å²) in [6, 6.07) is 11.9. The highest BCUT2D eigenvalue weighted by Gasteiger charge is 2.11. The highest BCUT2D eigenvalue weighted by atomic mass is 35.5. The van der Waals surface area contributed by atoms with Gasteiger partial charge in [0.2, 0.25) is 0 Å². The summed E-state index contributed by atoms with van der Waals surface area (Å²) < 4.78 is 6.07. The number of aromatic nitrogens is 2. The molecule has 0 unspecified atom stereocenters. The lowest BCUT2D eigenvalue weighted by atomic mass is 10.2. The fraction of sp³-hybridized carbons (Fsp3) is 0.158. The topological polar surface area (TPSA) is 90.3 Å². The molecule has 0 aliphatic carbocycles. The summed E-state index contributed by atoms with van der Waals surface area (Å²) in [4.78, 5) is 40.3. The Morgan fingerprint density at radius 2 is 2.00 bits per heavy atom. The summed E-state index contributed by atoms with van der Waals surface area (Å²) in [5.74, 6) is -1.22. The van der Waals surface area contributed by atoms with Crippen LogP contribution < -0.4 is 10.9 Å². The van der Waals surface area contributed by atoms with Crippen LogP contribution in [0.25, 0.3) is 10.9 Å². The van der Waals surface area contributed by atoms with Crippen LogP contribution in [0.2, 0.25) is 5.02 Å². The number of nitrogens with zero attached hydrogens (tertiary/aromatic N) is 2. The van der Waals surface area contributed by atoms with Crippen molar-refractivity contribution in [1.29, 1.82) is 0 Å². The van der Waals surface area contributed by atoms with E-state index in [1.807, 2.05) is 6.92 Å². The van der Waals surface area contributed by atoms with Gasteiger partial charge in [-0.25, -0.2) is 4.98 Å². The van der Waals surface area contributed by atoms with Crippen LogP contribution in [-0.4, -0.2) is 28.0 Å². The molecule has 7 nitrogen and oxygen atoms in total. The van der Waals surface area contributed by atoms with Crippen molar-refractivity contribution in [2.45, 2.75) is 13.5 Å². The predicted octanol–water partition coefficient (Wildman–Crippen LogP) is 2.54. The average Bonchev–Trinajstić information content (AvgIpc) is 2.65. The van der Waals surface area contributed by atoms with E-state index in [0.717, 1.165) is 10.1 Å². The molecular weight excluding hydrogens is 370 g/mol. The monoisotopic (exact) mass is 385 g/mol. The van der Waals surface area contributed by atoms with Crippen LogP contribution in [0.4, 0.5) is 5.69 Å². The van der Waals surface area contributed by atoms with Gasteiger partial charge in [-0.2, -0.15) is 0 Å². The SMILES string of the molecule is Cc1ccc(NC(=O)COC(=O)Cn2cnc3ccccc3c2=O)cc1Cl. The quantitative estimate of drug-likeness (QED) is 0.681. The molecule has 0 bridgehead atoms. The van der Waals surface area contributed by atoms with E-state index in [1.165, 1.54) is 6.33 Å². The first-order chi connectivity index (χ1) is 12.9. The number of esters is 1. The number of nitrogens with one attached hydrogen (secondary N) is 1. The molecule has 138 valence electrons. The fourth-order valence-electron chi connectivity index (χ4n) is 2.42. The van der Waals surface area contributed by atoms with Gasteiger partial charge in [0.1, 0.15) is 6.54 Å². The zero-order valence-corrected chi connectivity index (χ0v) is 15.2. The number of halogens is 1. The molecule has 0 saturated heterocycles. The summed E-state index contributed by atoms with van der Waals surface area (Å²) >= 11 is 6.00. The van der Waals surface area contributed by atoms with E-state index in [9.17, 15) is 14.4 Å². The summed E-state index contributed by atoms with van der Waals surface area (Å²) in [6.07, 6.45) is 1.28. The fourth-order valence-corrected chi connectivity index (χ4v) is 2.60. The Balaban J connectivity index is 1.58. The van der Waals surface area contributed by atoms with Crippen molar-refractivity contribution >= 4 is 40.1 Å². The van der Waals surface area contributed by atoms with E-state index < -0.39 is 18.5 Å². The summed E-state index contributed by atoms with van der Waals surface area (Å²) in [5, 5.41) is 3.51. The molecule has 1 heterocycles. The van der Waals surface area contributed by atoms with Crippen LogP contribution in [0, 0.1) is 6.92 Å². The molecule has 8 heteroatoms. The maximum atomic E-state index is 12.3. The van der Waals surface area contributed by atoms with Crippen molar-refractivity contribution in [2.75, 3.05) is 11.9 Å². The number of hydrogen-bond donors (Lipinski definition) is 1. The Bertz CT molecular complexity index is 1080. The van der Waals surface area contributed by atoms with Crippen molar-refractivity contribution in [1.82, 2.24) is 9.55 Å². The molecule has 27 heavy (non-hydrogen) atoms. The molecule has 1 N–H and O–H groups in total. The molecule has 1 amide bonds. The van der Waals surface area contributed by atoms with Crippen LogP contribution in [0.3, 0.4) is 0 Å². The maximum Gasteiger partial charge on any atom is 0.326 e. The van der Waals surface area contributed by atoms with Crippen molar-refractivity contribution in [3.8, 4) is 0 Å². The number of para-hydroxylation sites is 1. The molecule has 0 atom stereocenters. The van der Waals surface area contributed by atoms with Gasteiger partial charge in [-0.05, 0) is 36.8 Å². The first-order valence-corrected chi connectivity index (χ1v) is 8.47. The lowest BCUT2D eigenvalue weighted by molar-refractivity contribution is -0.147. The van der Waals surface area contributed by atoms with Gasteiger partial charge in [0.15, 0.2) is 6.61 Å². The van der Waals surface area contributed by atoms with Crippen LogP contribution in [0.5, 0.6) is 0 Å². The van der Waals surface area contributed by atoms with Gasteiger partial charge >= 0.3 is 5.97 Å². The number of anilines is 1. The number of fused-ring (bicyclic) bond motifs is 1. The Morgan fingerprint density at radius 1 is 1.22 bits per heavy atom. The Kier molecular flexibility index (Phi) is 5.52. The number of amides is 1. The Morgan fingerprint density at radius 3 is 2.78 bits per heavy atom. The minimum absolute atomic E-state index is 0.333. The third-order valence-electron chi connectivity index (χ3n) is 3.85. The largest absolute Gasteiger partial charge is 0.454 e. The highest BCUT2D eigenvalue weighted by molar-refractivity contribution is 6.31. The second-order valence-corrected chi connectivity index (χ2v) is 6.27. The molecule has 3 aromatic rings. The lowest BCUT2D eigenvalue weighted by Crippen LogP contribution is -2.28. The van der Waals surface area contributed by atoms with Gasteiger partial charge in [-0.3, -0.25) is 19.0 Å². The predicted molar refractivity (Wildman–Crippen MR) is 102 cm³/mol. The molecule has 1 aromatic heterocycles. The van der Waals surface area contributed by atoms with Gasteiger partial charge in [0, 0.05) is 10.7 Å². The van der Waals surface area contributed by atoms with Gasteiger partial charge in [0.05, 0.1) is 17.2 Å². The molecule has 0 fully saturated rings. The van der Waals surface area contributed by atoms with Crippen LogP contribution in [-0.2, 0) is 20.9 Å². The number of rotatable bonds is 5. The van der Waals surface area contributed by atoms with Gasteiger partial charge in [-0.15, -0.1) is 0 Å². The number of hydrogen-bond acceptors (Lipinski definition) is 5. The summed E-state index contributed by atoms with van der Waals surface area (Å²) in [7, 11) is 0. The zero-order chi connectivity index (χ0) is 19.4. The number of ether oxygens (including phenoxy) is 1. The van der Waals surface area contributed by atoms with Crippen LogP contribution in [0.1, 0.15) is 5.56 Å².